The molecule has 17 heavy (non-hydrogen) atoms. The van der Waals surface area contributed by atoms with Gasteiger partial charge < -0.3 is 0 Å². The van der Waals surface area contributed by atoms with Gasteiger partial charge in [-0.15, -0.1) is 0 Å². The van der Waals surface area contributed by atoms with Gasteiger partial charge in [0.1, 0.15) is 0 Å². The van der Waals surface area contributed by atoms with Gasteiger partial charge in [0.25, 0.3) is 0 Å². The number of benzene rings is 2. The molecule has 2 aromatic rings. The second kappa shape index (κ2) is 6.24. The van der Waals surface area contributed by atoms with Crippen molar-refractivity contribution in [2.24, 2.45) is 0 Å². The SMILES string of the molecule is [CH]CCCC(c1ccccc1)c1ccccc1. The van der Waals surface area contributed by atoms with Gasteiger partial charge in [-0.1, -0.05) is 67.1 Å². The van der Waals surface area contributed by atoms with Gasteiger partial charge in [-0.05, 0) is 30.9 Å². The van der Waals surface area contributed by atoms with E-state index in [1.807, 2.05) is 0 Å². The summed E-state index contributed by atoms with van der Waals surface area (Å²) in [5.41, 5.74) is 2.76. The maximum Gasteiger partial charge on any atom is 0.00893 e. The summed E-state index contributed by atoms with van der Waals surface area (Å²) in [6, 6.07) is 21.4. The lowest BCUT2D eigenvalue weighted by molar-refractivity contribution is 0.668. The van der Waals surface area contributed by atoms with Crippen molar-refractivity contribution < 1.29 is 0 Å². The first-order valence-electron chi connectivity index (χ1n) is 6.22. The van der Waals surface area contributed by atoms with Crippen LogP contribution in [0.1, 0.15) is 36.3 Å². The first-order chi connectivity index (χ1) is 8.42. The van der Waals surface area contributed by atoms with Crippen molar-refractivity contribution in [1.29, 1.82) is 0 Å². The van der Waals surface area contributed by atoms with Crippen molar-refractivity contribution in [3.8, 4) is 0 Å². The molecule has 0 unspecified atom stereocenters. The van der Waals surface area contributed by atoms with Crippen LogP contribution in [-0.4, -0.2) is 0 Å². The second-order valence-electron chi connectivity index (χ2n) is 4.30. The van der Waals surface area contributed by atoms with Crippen molar-refractivity contribution in [3.63, 3.8) is 0 Å². The minimum absolute atomic E-state index is 0.473. The summed E-state index contributed by atoms with van der Waals surface area (Å²) in [5.74, 6) is 0.473. The van der Waals surface area contributed by atoms with Crippen molar-refractivity contribution in [2.45, 2.75) is 25.2 Å². The lowest BCUT2D eigenvalue weighted by atomic mass is 9.87. The zero-order chi connectivity index (χ0) is 11.9. The summed E-state index contributed by atoms with van der Waals surface area (Å²) >= 11 is 0. The van der Waals surface area contributed by atoms with Crippen LogP contribution in [-0.2, 0) is 0 Å². The van der Waals surface area contributed by atoms with E-state index in [0.717, 1.165) is 19.3 Å². The second-order valence-corrected chi connectivity index (χ2v) is 4.30. The number of unbranched alkanes of at least 4 members (excludes halogenated alkanes) is 1. The molecule has 0 bridgehead atoms. The smallest absolute Gasteiger partial charge is 0.00893 e. The van der Waals surface area contributed by atoms with Gasteiger partial charge in [-0.2, -0.15) is 0 Å². The van der Waals surface area contributed by atoms with E-state index in [1.54, 1.807) is 0 Å². The first kappa shape index (κ1) is 11.9. The Kier molecular flexibility index (Phi) is 4.37. The van der Waals surface area contributed by atoms with Crippen molar-refractivity contribution in [1.82, 2.24) is 0 Å². The highest BCUT2D eigenvalue weighted by molar-refractivity contribution is 5.32. The fourth-order valence-electron chi connectivity index (χ4n) is 2.22. The molecule has 0 spiro atoms. The van der Waals surface area contributed by atoms with Gasteiger partial charge in [0.15, 0.2) is 0 Å². The van der Waals surface area contributed by atoms with Gasteiger partial charge in [0.05, 0.1) is 0 Å². The predicted molar refractivity (Wildman–Crippen MR) is 72.9 cm³/mol. The summed E-state index contributed by atoms with van der Waals surface area (Å²) in [6.07, 6.45) is 2.94. The lowest BCUT2D eigenvalue weighted by Gasteiger charge is -2.17. The summed E-state index contributed by atoms with van der Waals surface area (Å²) < 4.78 is 0. The van der Waals surface area contributed by atoms with Gasteiger partial charge in [0.2, 0.25) is 0 Å². The standard InChI is InChI=1S/C17H18/c1-2-3-14-17(15-10-6-4-7-11-15)16-12-8-5-9-13-16/h1,4-13,17H,2-3,14H2. The molecule has 0 aliphatic carbocycles. The average molecular weight is 222 g/mol. The fraction of sp³-hybridized carbons (Fsp3) is 0.235. The maximum atomic E-state index is 5.63. The maximum absolute atomic E-state index is 5.63. The normalized spacial score (nSPS) is 10.7. The molecule has 2 rings (SSSR count). The Bertz CT molecular complexity index is 377. The lowest BCUT2D eigenvalue weighted by Crippen LogP contribution is -2.00. The Labute approximate surface area is 104 Å². The molecule has 0 heteroatoms. The zero-order valence-corrected chi connectivity index (χ0v) is 10.0. The Hall–Kier alpha value is -1.56. The Morgan fingerprint density at radius 1 is 0.765 bits per heavy atom. The third-order valence-corrected chi connectivity index (χ3v) is 3.10. The van der Waals surface area contributed by atoms with Crippen molar-refractivity contribution in [3.05, 3.63) is 78.7 Å². The molecular formula is C17H18. The van der Waals surface area contributed by atoms with Gasteiger partial charge in [-0.25, -0.2) is 0 Å². The van der Waals surface area contributed by atoms with Gasteiger partial charge >= 0.3 is 0 Å². The molecule has 0 heterocycles. The summed E-state index contributed by atoms with van der Waals surface area (Å²) in [7, 11) is 0. The third-order valence-electron chi connectivity index (χ3n) is 3.10. The summed E-state index contributed by atoms with van der Waals surface area (Å²) in [5, 5.41) is 0. The van der Waals surface area contributed by atoms with E-state index < -0.39 is 0 Å². The molecule has 0 nitrogen and oxygen atoms in total. The Balaban J connectivity index is 2.26. The van der Waals surface area contributed by atoms with Gasteiger partial charge in [0, 0.05) is 5.92 Å². The molecule has 0 atom stereocenters. The van der Waals surface area contributed by atoms with Crippen LogP contribution in [0.2, 0.25) is 0 Å². The minimum atomic E-state index is 0.473. The molecule has 0 saturated carbocycles. The molecule has 2 radical (unpaired) electrons. The molecular weight excluding hydrogens is 204 g/mol. The zero-order valence-electron chi connectivity index (χ0n) is 10.0. The van der Waals surface area contributed by atoms with E-state index in [9.17, 15) is 0 Å². The van der Waals surface area contributed by atoms with E-state index in [2.05, 4.69) is 60.7 Å². The first-order valence-corrected chi connectivity index (χ1v) is 6.22. The average Bonchev–Trinajstić information content (AvgIpc) is 2.42. The molecule has 0 amide bonds. The van der Waals surface area contributed by atoms with Crippen LogP contribution in [0.3, 0.4) is 0 Å². The monoisotopic (exact) mass is 222 g/mol. The van der Waals surface area contributed by atoms with Crippen LogP contribution in [0, 0.1) is 6.92 Å². The molecule has 0 N–H and O–H groups in total. The molecule has 0 fully saturated rings. The highest BCUT2D eigenvalue weighted by Crippen LogP contribution is 2.29. The molecule has 86 valence electrons. The largest absolute Gasteiger partial charge is 0.0622 e. The van der Waals surface area contributed by atoms with Crippen LogP contribution < -0.4 is 0 Å². The number of rotatable bonds is 5. The fourth-order valence-corrected chi connectivity index (χ4v) is 2.22. The van der Waals surface area contributed by atoms with E-state index in [1.165, 1.54) is 11.1 Å². The summed E-state index contributed by atoms with van der Waals surface area (Å²) in [6.45, 7) is 5.63. The molecule has 0 aliphatic rings. The third kappa shape index (κ3) is 3.20. The molecule has 0 aromatic heterocycles. The van der Waals surface area contributed by atoms with Crippen LogP contribution in [0.25, 0.3) is 0 Å². The van der Waals surface area contributed by atoms with Gasteiger partial charge in [-0.3, -0.25) is 0 Å². The van der Waals surface area contributed by atoms with E-state index >= 15 is 0 Å². The van der Waals surface area contributed by atoms with E-state index in [-0.39, 0.29) is 0 Å². The Morgan fingerprint density at radius 3 is 1.65 bits per heavy atom. The minimum Gasteiger partial charge on any atom is -0.0622 e. The van der Waals surface area contributed by atoms with Crippen molar-refractivity contribution >= 4 is 0 Å². The number of hydrogen-bond donors (Lipinski definition) is 0. The topological polar surface area (TPSA) is 0 Å². The summed E-state index contributed by atoms with van der Waals surface area (Å²) in [4.78, 5) is 0. The predicted octanol–water partition coefficient (Wildman–Crippen LogP) is 4.70. The molecule has 0 aliphatic heterocycles. The highest BCUT2D eigenvalue weighted by Gasteiger charge is 2.12. The van der Waals surface area contributed by atoms with Crippen LogP contribution >= 0.6 is 0 Å². The van der Waals surface area contributed by atoms with E-state index in [0.29, 0.717) is 5.92 Å². The van der Waals surface area contributed by atoms with Crippen molar-refractivity contribution in [2.75, 3.05) is 0 Å². The van der Waals surface area contributed by atoms with Crippen LogP contribution in [0.4, 0.5) is 0 Å². The van der Waals surface area contributed by atoms with Crippen LogP contribution in [0.15, 0.2) is 60.7 Å². The van der Waals surface area contributed by atoms with Crippen LogP contribution in [0.5, 0.6) is 0 Å². The quantitative estimate of drug-likeness (QED) is 0.688. The molecule has 2 aromatic carbocycles. The number of hydrogen-bond acceptors (Lipinski definition) is 0. The molecule has 0 saturated heterocycles. The Morgan fingerprint density at radius 2 is 1.24 bits per heavy atom. The highest BCUT2D eigenvalue weighted by atomic mass is 14.2. The van der Waals surface area contributed by atoms with E-state index in [4.69, 9.17) is 6.92 Å².